The number of nitrogens with one attached hydrogen (secondary N) is 1. The summed E-state index contributed by atoms with van der Waals surface area (Å²) in [6.45, 7) is 14.6. The number of hydrogen-bond acceptors (Lipinski definition) is 8. The van der Waals surface area contributed by atoms with E-state index in [2.05, 4.69) is 44.9 Å². The molecular formula is C39H49N7O4. The number of amides is 2. The zero-order valence-corrected chi connectivity index (χ0v) is 30.0. The molecule has 1 aromatic carbocycles. The molecule has 2 bridgehead atoms. The van der Waals surface area contributed by atoms with Crippen LogP contribution in [0.25, 0.3) is 22.3 Å². The SMILES string of the molecule is Cc1cc2cc(n1)-c1cnccc1OCCC[C@@H](C)Cn1c(nc3ccc(N4CCC5(CCN(C(=O)OC(C)(C)C)CC5)CC4)cc31)NC2=O. The number of pyridine rings is 2. The largest absolute Gasteiger partial charge is 0.493 e. The van der Waals surface area contributed by atoms with Crippen LogP contribution < -0.4 is 15.0 Å². The molecule has 3 aliphatic heterocycles. The van der Waals surface area contributed by atoms with Crippen molar-refractivity contribution in [2.45, 2.75) is 85.3 Å². The number of hydrogen-bond donors (Lipinski definition) is 1. The number of imidazole rings is 1. The lowest BCUT2D eigenvalue weighted by atomic mass is 9.71. The fourth-order valence-electron chi connectivity index (χ4n) is 7.65. The monoisotopic (exact) mass is 679 g/mol. The average Bonchev–Trinajstić information content (AvgIpc) is 3.41. The van der Waals surface area contributed by atoms with Gasteiger partial charge in [0.25, 0.3) is 5.91 Å². The molecule has 1 N–H and O–H groups in total. The van der Waals surface area contributed by atoms with Gasteiger partial charge in [0.1, 0.15) is 11.4 Å². The number of fused-ring (bicyclic) bond motifs is 7. The van der Waals surface area contributed by atoms with E-state index in [1.807, 2.05) is 38.7 Å². The van der Waals surface area contributed by atoms with Crippen molar-refractivity contribution in [1.29, 1.82) is 0 Å². The molecule has 0 unspecified atom stereocenters. The van der Waals surface area contributed by atoms with Gasteiger partial charge in [0.15, 0.2) is 0 Å². The van der Waals surface area contributed by atoms with E-state index >= 15 is 0 Å². The van der Waals surface area contributed by atoms with E-state index in [4.69, 9.17) is 19.4 Å². The molecule has 0 saturated carbocycles. The number of rotatable bonds is 1. The Morgan fingerprint density at radius 2 is 1.78 bits per heavy atom. The number of carbonyl (C=O) groups excluding carboxylic acids is 2. The number of anilines is 2. The lowest BCUT2D eigenvalue weighted by Gasteiger charge is -2.47. The van der Waals surface area contributed by atoms with Crippen molar-refractivity contribution in [2.24, 2.45) is 11.3 Å². The van der Waals surface area contributed by atoms with Crippen LogP contribution in [0.1, 0.15) is 82.3 Å². The van der Waals surface area contributed by atoms with Gasteiger partial charge in [0, 0.05) is 62.1 Å². The molecule has 4 aromatic rings. The molecule has 11 nitrogen and oxygen atoms in total. The number of carbonyl (C=O) groups is 2. The molecule has 2 saturated heterocycles. The highest BCUT2D eigenvalue weighted by Gasteiger charge is 2.39. The Hall–Kier alpha value is -4.67. The van der Waals surface area contributed by atoms with Gasteiger partial charge in [0.05, 0.1) is 28.9 Å². The van der Waals surface area contributed by atoms with Gasteiger partial charge in [-0.15, -0.1) is 0 Å². The van der Waals surface area contributed by atoms with Crippen molar-refractivity contribution in [1.82, 2.24) is 24.4 Å². The quantitative estimate of drug-likeness (QED) is 0.220. The summed E-state index contributed by atoms with van der Waals surface area (Å²) in [4.78, 5) is 44.8. The Balaban J connectivity index is 1.11. The molecule has 7 rings (SSSR count). The molecule has 2 fully saturated rings. The molecule has 1 spiro atoms. The summed E-state index contributed by atoms with van der Waals surface area (Å²) in [7, 11) is 0. The third-order valence-electron chi connectivity index (χ3n) is 10.5. The van der Waals surface area contributed by atoms with Crippen LogP contribution in [-0.4, -0.2) is 74.8 Å². The van der Waals surface area contributed by atoms with Crippen LogP contribution in [0.3, 0.4) is 0 Å². The average molecular weight is 680 g/mol. The van der Waals surface area contributed by atoms with Gasteiger partial charge in [-0.1, -0.05) is 6.92 Å². The molecule has 50 heavy (non-hydrogen) atoms. The lowest BCUT2D eigenvalue weighted by Crippen LogP contribution is -2.49. The number of likely N-dealkylation sites (tertiary alicyclic amines) is 1. The second-order valence-corrected chi connectivity index (χ2v) is 15.5. The van der Waals surface area contributed by atoms with Crippen LogP contribution in [0.5, 0.6) is 5.75 Å². The van der Waals surface area contributed by atoms with Gasteiger partial charge >= 0.3 is 6.09 Å². The number of nitrogens with zero attached hydrogens (tertiary/aromatic N) is 6. The van der Waals surface area contributed by atoms with E-state index in [-0.39, 0.29) is 17.4 Å². The maximum Gasteiger partial charge on any atom is 0.410 e. The normalized spacial score (nSPS) is 19.9. The number of aromatic nitrogens is 4. The van der Waals surface area contributed by atoms with E-state index in [1.54, 1.807) is 24.5 Å². The minimum Gasteiger partial charge on any atom is -0.493 e. The molecule has 264 valence electrons. The van der Waals surface area contributed by atoms with Crippen molar-refractivity contribution >= 4 is 34.7 Å². The molecule has 6 heterocycles. The summed E-state index contributed by atoms with van der Waals surface area (Å²) >= 11 is 0. The van der Waals surface area contributed by atoms with Gasteiger partial charge in [-0.3, -0.25) is 20.1 Å². The summed E-state index contributed by atoms with van der Waals surface area (Å²) in [5.74, 6) is 1.35. The molecule has 0 aliphatic carbocycles. The van der Waals surface area contributed by atoms with Crippen LogP contribution in [-0.2, 0) is 11.3 Å². The van der Waals surface area contributed by atoms with Crippen LogP contribution in [0.4, 0.5) is 16.4 Å². The number of ether oxygens (including phenoxy) is 2. The predicted octanol–water partition coefficient (Wildman–Crippen LogP) is 7.48. The highest BCUT2D eigenvalue weighted by atomic mass is 16.6. The second-order valence-electron chi connectivity index (χ2n) is 15.5. The standard InChI is InChI=1S/C39H49N7O4/c1-26-7-6-20-49-34-10-15-40-24-30(34)32-22-28(21-27(2)41-32)35(47)43-36-42-31-9-8-29(23-33(31)46(36)25-26)44-16-11-39(12-17-44)13-18-45(19-14-39)37(48)50-38(3,4)5/h8-10,15,21-24,26H,6-7,11-14,16-20,25H2,1-5H3,(H,42,43,47)/t26-/m1/s1. The highest BCUT2D eigenvalue weighted by Crippen LogP contribution is 2.43. The Labute approximate surface area is 294 Å². The van der Waals surface area contributed by atoms with Crippen molar-refractivity contribution in [3.63, 3.8) is 0 Å². The van der Waals surface area contributed by atoms with Gasteiger partial charge in [-0.25, -0.2) is 9.78 Å². The Kier molecular flexibility index (Phi) is 9.17. The summed E-state index contributed by atoms with van der Waals surface area (Å²) in [5.41, 5.74) is 5.48. The van der Waals surface area contributed by atoms with Crippen molar-refractivity contribution < 1.29 is 19.1 Å². The highest BCUT2D eigenvalue weighted by molar-refractivity contribution is 6.05. The van der Waals surface area contributed by atoms with Crippen molar-refractivity contribution in [2.75, 3.05) is 43.0 Å². The van der Waals surface area contributed by atoms with Crippen LogP contribution in [0, 0.1) is 18.3 Å². The maximum atomic E-state index is 13.8. The summed E-state index contributed by atoms with van der Waals surface area (Å²) in [5, 5.41) is 3.15. The van der Waals surface area contributed by atoms with Gasteiger partial charge in [-0.2, -0.15) is 0 Å². The molecule has 0 radical (unpaired) electrons. The van der Waals surface area contributed by atoms with Crippen LogP contribution in [0.2, 0.25) is 0 Å². The molecule has 11 heteroatoms. The van der Waals surface area contributed by atoms with E-state index in [9.17, 15) is 9.59 Å². The van der Waals surface area contributed by atoms with Crippen LogP contribution in [0.15, 0.2) is 48.8 Å². The van der Waals surface area contributed by atoms with E-state index in [1.165, 1.54) is 5.69 Å². The Morgan fingerprint density at radius 3 is 2.54 bits per heavy atom. The van der Waals surface area contributed by atoms with E-state index < -0.39 is 5.60 Å². The van der Waals surface area contributed by atoms with E-state index in [0.29, 0.717) is 42.0 Å². The van der Waals surface area contributed by atoms with Crippen molar-refractivity contribution in [3.05, 3.63) is 60.0 Å². The third kappa shape index (κ3) is 7.27. The number of benzene rings is 1. The maximum absolute atomic E-state index is 13.8. The summed E-state index contributed by atoms with van der Waals surface area (Å²) in [6.07, 6.45) is 9.33. The topological polar surface area (TPSA) is 115 Å². The first-order chi connectivity index (χ1) is 24.0. The molecule has 3 aliphatic rings. The third-order valence-corrected chi connectivity index (χ3v) is 10.5. The fourth-order valence-corrected chi connectivity index (χ4v) is 7.65. The fraction of sp³-hybridized carbons (Fsp3) is 0.513. The zero-order chi connectivity index (χ0) is 35.0. The summed E-state index contributed by atoms with van der Waals surface area (Å²) in [6, 6.07) is 11.9. The zero-order valence-electron chi connectivity index (χ0n) is 30.0. The molecule has 2 amide bonds. The first-order valence-electron chi connectivity index (χ1n) is 18.1. The lowest BCUT2D eigenvalue weighted by molar-refractivity contribution is 0.00665. The van der Waals surface area contributed by atoms with Gasteiger partial charge < -0.3 is 23.8 Å². The first kappa shape index (κ1) is 33.8. The Morgan fingerprint density at radius 1 is 1.02 bits per heavy atom. The predicted molar refractivity (Wildman–Crippen MR) is 195 cm³/mol. The van der Waals surface area contributed by atoms with Gasteiger partial charge in [-0.05, 0) is 114 Å². The summed E-state index contributed by atoms with van der Waals surface area (Å²) < 4.78 is 14.0. The first-order valence-corrected chi connectivity index (χ1v) is 18.1. The molecule has 1 atom stereocenters. The van der Waals surface area contributed by atoms with E-state index in [0.717, 1.165) is 87.0 Å². The molecule has 3 aromatic heterocycles. The van der Waals surface area contributed by atoms with Gasteiger partial charge in [0.2, 0.25) is 5.95 Å². The number of aryl methyl sites for hydroxylation is 1. The number of piperidine rings is 2. The Bertz CT molecular complexity index is 1880. The smallest absolute Gasteiger partial charge is 0.410 e. The minimum atomic E-state index is -0.478. The minimum absolute atomic E-state index is 0.199. The van der Waals surface area contributed by atoms with Crippen LogP contribution >= 0.6 is 0 Å². The molecular weight excluding hydrogens is 630 g/mol. The second kappa shape index (κ2) is 13.6. The van der Waals surface area contributed by atoms with Crippen molar-refractivity contribution in [3.8, 4) is 17.0 Å².